The molecule has 0 saturated heterocycles. The summed E-state index contributed by atoms with van der Waals surface area (Å²) in [5.74, 6) is 0.920. The van der Waals surface area contributed by atoms with E-state index in [2.05, 4.69) is 29.6 Å². The van der Waals surface area contributed by atoms with Crippen molar-refractivity contribution in [2.45, 2.75) is 38.3 Å². The summed E-state index contributed by atoms with van der Waals surface area (Å²) < 4.78 is 5.94. The van der Waals surface area contributed by atoms with E-state index >= 15 is 0 Å². The van der Waals surface area contributed by atoms with Gasteiger partial charge in [-0.1, -0.05) is 36.4 Å². The number of rotatable bonds is 6. The molecular weight excluding hydrogens is 286 g/mol. The summed E-state index contributed by atoms with van der Waals surface area (Å²) in [6.07, 6.45) is 4.64. The SMILES string of the molecule is O=CCCC1NCCCc2cc(OCc3ccccc3)ccc21. The van der Waals surface area contributed by atoms with Crippen LogP contribution in [0.15, 0.2) is 48.5 Å². The van der Waals surface area contributed by atoms with Crippen molar-refractivity contribution in [3.63, 3.8) is 0 Å². The summed E-state index contributed by atoms with van der Waals surface area (Å²) in [7, 11) is 0. The van der Waals surface area contributed by atoms with Gasteiger partial charge in [0.2, 0.25) is 0 Å². The van der Waals surface area contributed by atoms with Crippen LogP contribution < -0.4 is 10.1 Å². The van der Waals surface area contributed by atoms with Crippen molar-refractivity contribution in [1.82, 2.24) is 5.32 Å². The van der Waals surface area contributed by atoms with Gasteiger partial charge in [0, 0.05) is 12.5 Å². The van der Waals surface area contributed by atoms with Gasteiger partial charge in [-0.2, -0.15) is 0 Å². The zero-order valence-electron chi connectivity index (χ0n) is 13.3. The number of aldehydes is 1. The number of fused-ring (bicyclic) bond motifs is 1. The average molecular weight is 309 g/mol. The highest BCUT2D eigenvalue weighted by molar-refractivity contribution is 5.49. The third-order valence-corrected chi connectivity index (χ3v) is 4.33. The number of aryl methyl sites for hydroxylation is 1. The fourth-order valence-corrected chi connectivity index (χ4v) is 3.13. The molecule has 120 valence electrons. The van der Waals surface area contributed by atoms with Crippen LogP contribution in [0.3, 0.4) is 0 Å². The second-order valence-corrected chi connectivity index (χ2v) is 5.99. The maximum atomic E-state index is 10.7. The molecule has 1 heterocycles. The van der Waals surface area contributed by atoms with E-state index < -0.39 is 0 Å². The molecule has 1 atom stereocenters. The van der Waals surface area contributed by atoms with Crippen LogP contribution in [0.25, 0.3) is 0 Å². The Morgan fingerprint density at radius 3 is 2.87 bits per heavy atom. The van der Waals surface area contributed by atoms with Gasteiger partial charge in [0.1, 0.15) is 18.6 Å². The minimum absolute atomic E-state index is 0.279. The van der Waals surface area contributed by atoms with Gasteiger partial charge < -0.3 is 14.8 Å². The third kappa shape index (κ3) is 4.20. The molecule has 0 aromatic heterocycles. The van der Waals surface area contributed by atoms with Crippen LogP contribution in [0.4, 0.5) is 0 Å². The fourth-order valence-electron chi connectivity index (χ4n) is 3.13. The summed E-state index contributed by atoms with van der Waals surface area (Å²) in [4.78, 5) is 10.7. The Labute approximate surface area is 137 Å². The molecule has 0 spiro atoms. The predicted octanol–water partition coefficient (Wildman–Crippen LogP) is 3.82. The zero-order valence-corrected chi connectivity index (χ0v) is 13.3. The molecule has 3 nitrogen and oxygen atoms in total. The maximum Gasteiger partial charge on any atom is 0.120 e. The van der Waals surface area contributed by atoms with Crippen LogP contribution >= 0.6 is 0 Å². The molecule has 3 heteroatoms. The minimum Gasteiger partial charge on any atom is -0.489 e. The van der Waals surface area contributed by atoms with E-state index in [4.69, 9.17) is 4.74 Å². The average Bonchev–Trinajstić information content (AvgIpc) is 2.80. The first-order chi connectivity index (χ1) is 11.4. The molecule has 0 aliphatic carbocycles. The van der Waals surface area contributed by atoms with Gasteiger partial charge >= 0.3 is 0 Å². The number of benzene rings is 2. The molecule has 0 fully saturated rings. The number of nitrogens with one attached hydrogen (secondary N) is 1. The summed E-state index contributed by atoms with van der Waals surface area (Å²) in [6.45, 7) is 1.59. The first-order valence-electron chi connectivity index (χ1n) is 8.33. The van der Waals surface area contributed by atoms with Crippen LogP contribution in [-0.2, 0) is 17.8 Å². The standard InChI is InChI=1S/C20H23NO2/c22-13-5-9-20-19-11-10-18(14-17(19)8-4-12-21-20)23-15-16-6-2-1-3-7-16/h1-3,6-7,10-11,13-14,20-21H,4-5,8-9,12,15H2. The van der Waals surface area contributed by atoms with Crippen molar-refractivity contribution < 1.29 is 9.53 Å². The highest BCUT2D eigenvalue weighted by Gasteiger charge is 2.18. The van der Waals surface area contributed by atoms with E-state index in [1.807, 2.05) is 24.3 Å². The minimum atomic E-state index is 0.279. The molecule has 3 rings (SSSR count). The molecule has 0 radical (unpaired) electrons. The maximum absolute atomic E-state index is 10.7. The Kier molecular flexibility index (Phi) is 5.43. The van der Waals surface area contributed by atoms with Crippen molar-refractivity contribution >= 4 is 6.29 Å². The first kappa shape index (κ1) is 15.8. The Balaban J connectivity index is 1.72. The summed E-state index contributed by atoms with van der Waals surface area (Å²) in [6, 6.07) is 16.9. The molecule has 0 saturated carbocycles. The molecule has 1 unspecified atom stereocenters. The second-order valence-electron chi connectivity index (χ2n) is 5.99. The monoisotopic (exact) mass is 309 g/mol. The van der Waals surface area contributed by atoms with Gasteiger partial charge in [-0.05, 0) is 54.6 Å². The quantitative estimate of drug-likeness (QED) is 0.824. The topological polar surface area (TPSA) is 38.3 Å². The number of carbonyl (C=O) groups is 1. The predicted molar refractivity (Wildman–Crippen MR) is 91.6 cm³/mol. The van der Waals surface area contributed by atoms with Gasteiger partial charge in [0.25, 0.3) is 0 Å². The van der Waals surface area contributed by atoms with E-state index in [-0.39, 0.29) is 6.04 Å². The number of carbonyl (C=O) groups excluding carboxylic acids is 1. The van der Waals surface area contributed by atoms with Crippen molar-refractivity contribution in [1.29, 1.82) is 0 Å². The van der Waals surface area contributed by atoms with Gasteiger partial charge in [-0.3, -0.25) is 0 Å². The number of hydrogen-bond acceptors (Lipinski definition) is 3. The van der Waals surface area contributed by atoms with Gasteiger partial charge in [0.05, 0.1) is 0 Å². The molecule has 2 aromatic rings. The summed E-state index contributed by atoms with van der Waals surface area (Å²) >= 11 is 0. The summed E-state index contributed by atoms with van der Waals surface area (Å²) in [5, 5.41) is 3.55. The Hall–Kier alpha value is -2.13. The van der Waals surface area contributed by atoms with E-state index in [9.17, 15) is 4.79 Å². The zero-order chi connectivity index (χ0) is 15.9. The van der Waals surface area contributed by atoms with Crippen LogP contribution in [0.5, 0.6) is 5.75 Å². The number of ether oxygens (including phenoxy) is 1. The van der Waals surface area contributed by atoms with Crippen molar-refractivity contribution in [3.05, 3.63) is 65.2 Å². The molecule has 1 aliphatic heterocycles. The lowest BCUT2D eigenvalue weighted by atomic mass is 9.96. The molecule has 0 amide bonds. The van der Waals surface area contributed by atoms with E-state index in [1.54, 1.807) is 0 Å². The lowest BCUT2D eigenvalue weighted by molar-refractivity contribution is -0.108. The van der Waals surface area contributed by atoms with Crippen molar-refractivity contribution in [2.75, 3.05) is 6.54 Å². The van der Waals surface area contributed by atoms with Crippen molar-refractivity contribution in [2.24, 2.45) is 0 Å². The highest BCUT2D eigenvalue weighted by atomic mass is 16.5. The Bertz CT molecular complexity index is 639. The molecule has 1 N–H and O–H groups in total. The summed E-state index contributed by atoms with van der Waals surface area (Å²) in [5.41, 5.74) is 3.83. The molecule has 23 heavy (non-hydrogen) atoms. The van der Waals surface area contributed by atoms with E-state index in [1.165, 1.54) is 16.7 Å². The van der Waals surface area contributed by atoms with E-state index in [0.29, 0.717) is 13.0 Å². The van der Waals surface area contributed by atoms with E-state index in [0.717, 1.165) is 37.8 Å². The highest BCUT2D eigenvalue weighted by Crippen LogP contribution is 2.29. The molecule has 2 aromatic carbocycles. The van der Waals surface area contributed by atoms with Gasteiger partial charge in [0.15, 0.2) is 0 Å². The third-order valence-electron chi connectivity index (χ3n) is 4.33. The lowest BCUT2D eigenvalue weighted by Gasteiger charge is -2.18. The van der Waals surface area contributed by atoms with Gasteiger partial charge in [-0.25, -0.2) is 0 Å². The number of hydrogen-bond donors (Lipinski definition) is 1. The van der Waals surface area contributed by atoms with Crippen LogP contribution in [-0.4, -0.2) is 12.8 Å². The van der Waals surface area contributed by atoms with Gasteiger partial charge in [-0.15, -0.1) is 0 Å². The normalized spacial score (nSPS) is 17.1. The first-order valence-corrected chi connectivity index (χ1v) is 8.33. The van der Waals surface area contributed by atoms with Crippen LogP contribution in [0, 0.1) is 0 Å². The fraction of sp³-hybridized carbons (Fsp3) is 0.350. The lowest BCUT2D eigenvalue weighted by Crippen LogP contribution is -2.21. The van der Waals surface area contributed by atoms with Crippen LogP contribution in [0.2, 0.25) is 0 Å². The molecule has 1 aliphatic rings. The molecular formula is C20H23NO2. The van der Waals surface area contributed by atoms with Crippen LogP contribution in [0.1, 0.15) is 42.0 Å². The second kappa shape index (κ2) is 7.93. The van der Waals surface area contributed by atoms with Crippen molar-refractivity contribution in [3.8, 4) is 5.75 Å². The Morgan fingerprint density at radius 1 is 1.17 bits per heavy atom. The largest absolute Gasteiger partial charge is 0.489 e. The molecule has 0 bridgehead atoms. The smallest absolute Gasteiger partial charge is 0.120 e. The Morgan fingerprint density at radius 2 is 2.04 bits per heavy atom.